The van der Waals surface area contributed by atoms with Crippen LogP contribution >= 0.6 is 0 Å². The second-order valence-electron chi connectivity index (χ2n) is 2.83. The normalized spacial score (nSPS) is 13.5. The maximum Gasteiger partial charge on any atom is 0.0815 e. The summed E-state index contributed by atoms with van der Waals surface area (Å²) in [6.07, 6.45) is -0.434. The molecule has 2 unspecified atom stereocenters. The van der Waals surface area contributed by atoms with E-state index in [0.717, 1.165) is 5.56 Å². The summed E-state index contributed by atoms with van der Waals surface area (Å²) < 4.78 is 0. The van der Waals surface area contributed by atoms with E-state index >= 15 is 0 Å². The van der Waals surface area contributed by atoms with E-state index in [-0.39, 0.29) is 5.92 Å². The summed E-state index contributed by atoms with van der Waals surface area (Å²) in [5.41, 5.74) is 0.940. The van der Waals surface area contributed by atoms with Gasteiger partial charge >= 0.3 is 0 Å². The zero-order valence-electron chi connectivity index (χ0n) is 6.70. The van der Waals surface area contributed by atoms with Gasteiger partial charge in [0.2, 0.25) is 0 Å². The summed E-state index contributed by atoms with van der Waals surface area (Å²) in [4.78, 5) is 0. The van der Waals surface area contributed by atoms with Gasteiger partial charge in [-0.2, -0.15) is 0 Å². The maximum absolute atomic E-state index is 9.54. The van der Waals surface area contributed by atoms with Gasteiger partial charge in [-0.05, 0) is 18.4 Å². The molecule has 0 amide bonds. The van der Waals surface area contributed by atoms with Crippen molar-refractivity contribution in [3.05, 3.63) is 42.8 Å². The van der Waals surface area contributed by atoms with Crippen LogP contribution in [0.2, 0.25) is 0 Å². The lowest BCUT2D eigenvalue weighted by Gasteiger charge is -2.13. The maximum atomic E-state index is 9.54. The van der Waals surface area contributed by atoms with Crippen molar-refractivity contribution in [1.82, 2.24) is 0 Å². The molecule has 0 saturated carbocycles. The lowest BCUT2D eigenvalue weighted by Crippen LogP contribution is -2.04. The third-order valence-corrected chi connectivity index (χ3v) is 1.68. The van der Waals surface area contributed by atoms with E-state index in [1.54, 1.807) is 0 Å². The van der Waals surface area contributed by atoms with Crippen LogP contribution in [0.15, 0.2) is 30.3 Å². The molecule has 0 aliphatic rings. The smallest absolute Gasteiger partial charge is 0.0815 e. The molecular weight excluding hydrogens is 136 g/mol. The van der Waals surface area contributed by atoms with Crippen LogP contribution in [-0.2, 0) is 0 Å². The van der Waals surface area contributed by atoms with Gasteiger partial charge in [0.15, 0.2) is 0 Å². The topological polar surface area (TPSA) is 20.2 Å². The number of hydrogen-bond donors (Lipinski definition) is 1. The highest BCUT2D eigenvalue weighted by Gasteiger charge is 2.10. The van der Waals surface area contributed by atoms with E-state index in [2.05, 4.69) is 6.92 Å². The minimum absolute atomic E-state index is 0.0393. The first-order chi connectivity index (χ1) is 5.22. The van der Waals surface area contributed by atoms with Crippen molar-refractivity contribution in [3.8, 4) is 0 Å². The summed E-state index contributed by atoms with van der Waals surface area (Å²) in [6, 6.07) is 9.59. The fraction of sp³-hybridized carbons (Fsp3) is 0.300. The van der Waals surface area contributed by atoms with Gasteiger partial charge in [0.25, 0.3) is 0 Å². The van der Waals surface area contributed by atoms with E-state index in [0.29, 0.717) is 0 Å². The molecule has 0 aliphatic carbocycles. The Balaban J connectivity index is 2.77. The predicted octanol–water partition coefficient (Wildman–Crippen LogP) is 2.19. The quantitative estimate of drug-likeness (QED) is 0.683. The van der Waals surface area contributed by atoms with Crippen LogP contribution in [-0.4, -0.2) is 5.11 Å². The Morgan fingerprint density at radius 1 is 1.27 bits per heavy atom. The minimum atomic E-state index is -0.434. The van der Waals surface area contributed by atoms with E-state index in [1.807, 2.05) is 37.3 Å². The molecule has 1 heteroatoms. The highest BCUT2D eigenvalue weighted by atomic mass is 16.3. The third kappa shape index (κ3) is 2.05. The van der Waals surface area contributed by atoms with Gasteiger partial charge in [0.1, 0.15) is 0 Å². The average molecular weight is 149 g/mol. The Labute approximate surface area is 67.7 Å². The largest absolute Gasteiger partial charge is 0.388 e. The van der Waals surface area contributed by atoms with E-state index in [9.17, 15) is 5.11 Å². The standard InChI is InChI=1S/C10H13O/c1-8(2)10(11)9-6-4-3-5-7-9/h3-8,10-11H,1H2,2H3. The molecule has 1 aromatic carbocycles. The van der Waals surface area contributed by atoms with Gasteiger partial charge in [-0.15, -0.1) is 0 Å². The van der Waals surface area contributed by atoms with Crippen molar-refractivity contribution < 1.29 is 5.11 Å². The zero-order valence-corrected chi connectivity index (χ0v) is 6.70. The molecule has 0 saturated heterocycles. The molecule has 2 atom stereocenters. The van der Waals surface area contributed by atoms with Crippen molar-refractivity contribution in [1.29, 1.82) is 0 Å². The number of rotatable bonds is 2. The Hall–Kier alpha value is -0.820. The van der Waals surface area contributed by atoms with Gasteiger partial charge in [-0.3, -0.25) is 0 Å². The van der Waals surface area contributed by atoms with Crippen LogP contribution in [0.4, 0.5) is 0 Å². The molecule has 0 spiro atoms. The van der Waals surface area contributed by atoms with Crippen molar-refractivity contribution in [3.63, 3.8) is 0 Å². The summed E-state index contributed by atoms with van der Waals surface area (Å²) in [5.74, 6) is 0.0393. The molecule has 11 heavy (non-hydrogen) atoms. The fourth-order valence-electron chi connectivity index (χ4n) is 0.979. The highest BCUT2D eigenvalue weighted by Crippen LogP contribution is 2.19. The minimum Gasteiger partial charge on any atom is -0.388 e. The van der Waals surface area contributed by atoms with Gasteiger partial charge in [0, 0.05) is 0 Å². The van der Waals surface area contributed by atoms with Crippen LogP contribution in [0.5, 0.6) is 0 Å². The molecule has 0 fully saturated rings. The number of hydrogen-bond acceptors (Lipinski definition) is 1. The Kier molecular flexibility index (Phi) is 2.66. The molecule has 0 heterocycles. The van der Waals surface area contributed by atoms with Crippen LogP contribution in [0.3, 0.4) is 0 Å². The molecule has 1 rings (SSSR count). The number of benzene rings is 1. The third-order valence-electron chi connectivity index (χ3n) is 1.68. The van der Waals surface area contributed by atoms with Crippen molar-refractivity contribution >= 4 is 0 Å². The molecular formula is C10H13O. The molecule has 59 valence electrons. The lowest BCUT2D eigenvalue weighted by molar-refractivity contribution is 0.138. The van der Waals surface area contributed by atoms with Gasteiger partial charge in [-0.25, -0.2) is 0 Å². The highest BCUT2D eigenvalue weighted by molar-refractivity contribution is 5.17. The van der Waals surface area contributed by atoms with Crippen molar-refractivity contribution in [2.24, 2.45) is 5.92 Å². The Morgan fingerprint density at radius 3 is 2.27 bits per heavy atom. The monoisotopic (exact) mass is 149 g/mol. The molecule has 1 aromatic rings. The van der Waals surface area contributed by atoms with Crippen LogP contribution in [0, 0.1) is 12.8 Å². The SMILES string of the molecule is [CH2]C(C)C(O)c1ccccc1. The number of aliphatic hydroxyl groups excluding tert-OH is 1. The van der Waals surface area contributed by atoms with Crippen molar-refractivity contribution in [2.75, 3.05) is 0 Å². The lowest BCUT2D eigenvalue weighted by atomic mass is 10.00. The average Bonchev–Trinajstić information content (AvgIpc) is 2.05. The van der Waals surface area contributed by atoms with Crippen LogP contribution < -0.4 is 0 Å². The Morgan fingerprint density at radius 2 is 1.82 bits per heavy atom. The molecule has 1 radical (unpaired) electrons. The first kappa shape index (κ1) is 8.28. The zero-order chi connectivity index (χ0) is 8.27. The fourth-order valence-corrected chi connectivity index (χ4v) is 0.979. The second kappa shape index (κ2) is 3.54. The molecule has 0 bridgehead atoms. The molecule has 1 nitrogen and oxygen atoms in total. The summed E-state index contributed by atoms with van der Waals surface area (Å²) in [5, 5.41) is 9.54. The summed E-state index contributed by atoms with van der Waals surface area (Å²) >= 11 is 0. The molecule has 0 aliphatic heterocycles. The summed E-state index contributed by atoms with van der Waals surface area (Å²) in [6.45, 7) is 5.67. The van der Waals surface area contributed by atoms with Gasteiger partial charge in [0.05, 0.1) is 6.10 Å². The molecule has 0 aromatic heterocycles. The first-order valence-corrected chi connectivity index (χ1v) is 3.78. The second-order valence-corrected chi connectivity index (χ2v) is 2.83. The van der Waals surface area contributed by atoms with Gasteiger partial charge in [-0.1, -0.05) is 37.3 Å². The summed E-state index contributed by atoms with van der Waals surface area (Å²) in [7, 11) is 0. The van der Waals surface area contributed by atoms with Gasteiger partial charge < -0.3 is 5.11 Å². The first-order valence-electron chi connectivity index (χ1n) is 3.78. The number of aliphatic hydroxyl groups is 1. The van der Waals surface area contributed by atoms with Crippen LogP contribution in [0.1, 0.15) is 18.6 Å². The van der Waals surface area contributed by atoms with E-state index in [1.165, 1.54) is 0 Å². The Bertz CT molecular complexity index is 203. The van der Waals surface area contributed by atoms with Crippen LogP contribution in [0.25, 0.3) is 0 Å². The predicted molar refractivity (Wildman–Crippen MR) is 45.9 cm³/mol. The van der Waals surface area contributed by atoms with Crippen molar-refractivity contribution in [2.45, 2.75) is 13.0 Å². The van der Waals surface area contributed by atoms with E-state index < -0.39 is 6.10 Å². The van der Waals surface area contributed by atoms with E-state index in [4.69, 9.17) is 0 Å². The molecule has 1 N–H and O–H groups in total.